The second-order valence-electron chi connectivity index (χ2n) is 7.66. The third kappa shape index (κ3) is 3.92. The first-order valence-corrected chi connectivity index (χ1v) is 10.3. The lowest BCUT2D eigenvalue weighted by Crippen LogP contribution is -2.48. The molecule has 1 N–H and O–H groups in total. The van der Waals surface area contributed by atoms with Crippen LogP contribution in [0.5, 0.6) is 0 Å². The molecule has 2 aromatic rings. The van der Waals surface area contributed by atoms with Crippen molar-refractivity contribution in [3.05, 3.63) is 52.7 Å². The number of urea groups is 1. The Bertz CT molecular complexity index is 846. The number of carbonyl (C=O) groups is 1. The number of aryl methyl sites for hydroxylation is 1. The van der Waals surface area contributed by atoms with Crippen LogP contribution in [0, 0.1) is 6.92 Å². The number of hydrogen-bond acceptors (Lipinski definition) is 4. The maximum absolute atomic E-state index is 12.9. The van der Waals surface area contributed by atoms with Crippen LogP contribution in [0.15, 0.2) is 36.5 Å². The Morgan fingerprint density at radius 2 is 2.25 bits per heavy atom. The molecule has 7 heteroatoms. The molecule has 0 spiro atoms. The molecule has 1 saturated heterocycles. The fourth-order valence-corrected chi connectivity index (χ4v) is 4.21. The number of carbonyl (C=O) groups excluding carboxylic acids is 1. The lowest BCUT2D eigenvalue weighted by molar-refractivity contribution is 0.182. The summed E-state index contributed by atoms with van der Waals surface area (Å²) in [6.07, 6.45) is 3.61. The second kappa shape index (κ2) is 7.95. The fraction of sp³-hybridized carbons (Fsp3) is 0.476. The Morgan fingerprint density at radius 1 is 1.39 bits per heavy atom. The maximum Gasteiger partial charge on any atom is 0.317 e. The molecule has 1 aromatic heterocycles. The van der Waals surface area contributed by atoms with Gasteiger partial charge in [-0.25, -0.2) is 4.79 Å². The van der Waals surface area contributed by atoms with Crippen molar-refractivity contribution < 1.29 is 4.79 Å². The van der Waals surface area contributed by atoms with Crippen molar-refractivity contribution >= 4 is 23.4 Å². The van der Waals surface area contributed by atoms with Crippen molar-refractivity contribution in [3.63, 3.8) is 0 Å². The van der Waals surface area contributed by atoms with Gasteiger partial charge in [0.25, 0.3) is 0 Å². The average Bonchev–Trinajstić information content (AvgIpc) is 3.29. The molecule has 1 saturated carbocycles. The van der Waals surface area contributed by atoms with Crippen LogP contribution in [0.4, 0.5) is 10.6 Å². The first-order valence-electron chi connectivity index (χ1n) is 9.92. The van der Waals surface area contributed by atoms with Gasteiger partial charge >= 0.3 is 6.03 Å². The predicted molar refractivity (Wildman–Crippen MR) is 111 cm³/mol. The van der Waals surface area contributed by atoms with Crippen LogP contribution < -0.4 is 10.2 Å². The van der Waals surface area contributed by atoms with Gasteiger partial charge < -0.3 is 15.1 Å². The van der Waals surface area contributed by atoms with Crippen LogP contribution in [0.1, 0.15) is 36.8 Å². The van der Waals surface area contributed by atoms with E-state index in [2.05, 4.69) is 32.5 Å². The molecule has 2 aliphatic rings. The number of nitrogens with one attached hydrogen (secondary N) is 1. The highest BCUT2D eigenvalue weighted by atomic mass is 35.5. The minimum Gasteiger partial charge on any atom is -0.353 e. The molecule has 2 fully saturated rings. The minimum absolute atomic E-state index is 0.0340. The Labute approximate surface area is 170 Å². The summed E-state index contributed by atoms with van der Waals surface area (Å²) in [5.74, 6) is 1.26. The fourth-order valence-electron chi connectivity index (χ4n) is 4.10. The van der Waals surface area contributed by atoms with Gasteiger partial charge in [-0.15, -0.1) is 5.10 Å². The van der Waals surface area contributed by atoms with E-state index in [4.69, 9.17) is 11.6 Å². The lowest BCUT2D eigenvalue weighted by Gasteiger charge is -2.28. The van der Waals surface area contributed by atoms with Gasteiger partial charge in [-0.1, -0.05) is 23.7 Å². The number of rotatable bonds is 5. The molecule has 2 amide bonds. The van der Waals surface area contributed by atoms with Crippen molar-refractivity contribution in [1.29, 1.82) is 0 Å². The molecule has 0 bridgehead atoms. The topological polar surface area (TPSA) is 61.4 Å². The summed E-state index contributed by atoms with van der Waals surface area (Å²) in [6, 6.07) is 10.4. The predicted octanol–water partition coefficient (Wildman–Crippen LogP) is 3.60. The van der Waals surface area contributed by atoms with Gasteiger partial charge in [-0.3, -0.25) is 0 Å². The highest BCUT2D eigenvalue weighted by Gasteiger charge is 2.41. The normalized spacial score (nSPS) is 23.5. The molecule has 1 aliphatic carbocycles. The highest BCUT2D eigenvalue weighted by molar-refractivity contribution is 6.31. The third-order valence-electron chi connectivity index (χ3n) is 5.80. The van der Waals surface area contributed by atoms with E-state index in [0.717, 1.165) is 42.3 Å². The zero-order chi connectivity index (χ0) is 19.7. The molecular formula is C21H26ClN5O. The van der Waals surface area contributed by atoms with E-state index in [-0.39, 0.29) is 18.1 Å². The Balaban J connectivity index is 1.34. The van der Waals surface area contributed by atoms with Gasteiger partial charge in [0.2, 0.25) is 0 Å². The number of halogens is 1. The largest absolute Gasteiger partial charge is 0.353 e. The van der Waals surface area contributed by atoms with Crippen molar-refractivity contribution in [2.45, 2.75) is 44.7 Å². The summed E-state index contributed by atoms with van der Waals surface area (Å²) >= 11 is 6.13. The highest BCUT2D eigenvalue weighted by Crippen LogP contribution is 2.41. The van der Waals surface area contributed by atoms with Crippen LogP contribution in [-0.4, -0.2) is 52.8 Å². The van der Waals surface area contributed by atoms with Gasteiger partial charge in [-0.2, -0.15) is 5.10 Å². The van der Waals surface area contributed by atoms with E-state index in [1.54, 1.807) is 6.20 Å². The van der Waals surface area contributed by atoms with Crippen LogP contribution in [0.2, 0.25) is 5.02 Å². The van der Waals surface area contributed by atoms with Gasteiger partial charge in [0.15, 0.2) is 5.82 Å². The Hall–Kier alpha value is -2.34. The number of hydrogen-bond donors (Lipinski definition) is 1. The molecule has 0 radical (unpaired) electrons. The standard InChI is InChI=1S/C21H26ClN5O/c1-3-27(16-8-10-26(13-16)20-5-4-9-23-25-20)21(28)24-19-12-17(19)15-6-7-18(22)14(2)11-15/h4-7,9,11,16-17,19H,3,8,10,12-13H2,1-2H3,(H,24,28)/t16-,17-,19+/m0/s1. The Kier molecular flexibility index (Phi) is 5.40. The maximum atomic E-state index is 12.9. The van der Waals surface area contributed by atoms with Crippen molar-refractivity contribution in [2.24, 2.45) is 0 Å². The summed E-state index contributed by atoms with van der Waals surface area (Å²) in [4.78, 5) is 17.1. The Morgan fingerprint density at radius 3 is 2.96 bits per heavy atom. The number of aromatic nitrogens is 2. The monoisotopic (exact) mass is 399 g/mol. The van der Waals surface area contributed by atoms with Crippen LogP contribution in [0.3, 0.4) is 0 Å². The molecule has 1 aromatic carbocycles. The number of amides is 2. The van der Waals surface area contributed by atoms with Gasteiger partial charge in [-0.05, 0) is 56.0 Å². The third-order valence-corrected chi connectivity index (χ3v) is 6.22. The van der Waals surface area contributed by atoms with Gasteiger partial charge in [0.1, 0.15) is 0 Å². The quantitative estimate of drug-likeness (QED) is 0.834. The summed E-state index contributed by atoms with van der Waals surface area (Å²) in [6.45, 7) is 6.44. The number of nitrogens with zero attached hydrogens (tertiary/aromatic N) is 4. The van der Waals surface area contributed by atoms with Crippen molar-refractivity contribution in [3.8, 4) is 0 Å². The molecule has 148 valence electrons. The number of likely N-dealkylation sites (N-methyl/N-ethyl adjacent to an activating group) is 1. The molecule has 1 aliphatic heterocycles. The summed E-state index contributed by atoms with van der Waals surface area (Å²) in [5, 5.41) is 12.2. The van der Waals surface area contributed by atoms with Crippen molar-refractivity contribution in [1.82, 2.24) is 20.4 Å². The zero-order valence-electron chi connectivity index (χ0n) is 16.3. The molecule has 28 heavy (non-hydrogen) atoms. The van der Waals surface area contributed by atoms with Crippen LogP contribution >= 0.6 is 11.6 Å². The summed E-state index contributed by atoms with van der Waals surface area (Å²) < 4.78 is 0. The smallest absolute Gasteiger partial charge is 0.317 e. The van der Waals surface area contributed by atoms with Gasteiger partial charge in [0, 0.05) is 42.8 Å². The van der Waals surface area contributed by atoms with Gasteiger partial charge in [0.05, 0.1) is 6.04 Å². The van der Waals surface area contributed by atoms with E-state index < -0.39 is 0 Å². The van der Waals surface area contributed by atoms with E-state index in [1.165, 1.54) is 5.56 Å². The van der Waals surface area contributed by atoms with E-state index in [1.807, 2.05) is 36.9 Å². The first-order chi connectivity index (χ1) is 13.6. The zero-order valence-corrected chi connectivity index (χ0v) is 17.1. The summed E-state index contributed by atoms with van der Waals surface area (Å²) in [7, 11) is 0. The van der Waals surface area contributed by atoms with Crippen molar-refractivity contribution in [2.75, 3.05) is 24.5 Å². The molecular weight excluding hydrogens is 374 g/mol. The molecule has 0 unspecified atom stereocenters. The molecule has 3 atom stereocenters. The average molecular weight is 400 g/mol. The van der Waals surface area contributed by atoms with Crippen LogP contribution in [0.25, 0.3) is 0 Å². The molecule has 2 heterocycles. The molecule has 6 nitrogen and oxygen atoms in total. The van der Waals surface area contributed by atoms with E-state index >= 15 is 0 Å². The van der Waals surface area contributed by atoms with E-state index in [0.29, 0.717) is 12.5 Å². The number of benzene rings is 1. The second-order valence-corrected chi connectivity index (χ2v) is 8.07. The first kappa shape index (κ1) is 19.0. The summed E-state index contributed by atoms with van der Waals surface area (Å²) in [5.41, 5.74) is 2.34. The molecule has 4 rings (SSSR count). The van der Waals surface area contributed by atoms with E-state index in [9.17, 15) is 4.79 Å². The lowest BCUT2D eigenvalue weighted by atomic mass is 10.1. The number of anilines is 1. The minimum atomic E-state index is 0.0340. The van der Waals surface area contributed by atoms with Crippen LogP contribution in [-0.2, 0) is 0 Å². The SMILES string of the molecule is CCN(C(=O)N[C@@H]1C[C@H]1c1ccc(Cl)c(C)c1)[C@H]1CCN(c2cccnn2)C1.